The predicted octanol–water partition coefficient (Wildman–Crippen LogP) is 2.55. The second-order valence-corrected chi connectivity index (χ2v) is 4.78. The molecule has 2 rings (SSSR count). The van der Waals surface area contributed by atoms with Crippen LogP contribution < -0.4 is 11.1 Å². The molecule has 0 aliphatic carbocycles. The molecule has 0 aliphatic heterocycles. The van der Waals surface area contributed by atoms with Crippen molar-refractivity contribution in [1.29, 1.82) is 0 Å². The average molecular weight is 248 g/mol. The lowest BCUT2D eigenvalue weighted by molar-refractivity contribution is 0.705. The van der Waals surface area contributed by atoms with E-state index in [2.05, 4.69) is 45.9 Å². The van der Waals surface area contributed by atoms with Crippen LogP contribution in [0.3, 0.4) is 0 Å². The van der Waals surface area contributed by atoms with E-state index in [1.807, 2.05) is 6.07 Å². The quantitative estimate of drug-likeness (QED) is 0.853. The zero-order valence-electron chi connectivity index (χ0n) is 9.76. The minimum absolute atomic E-state index is 0.341. The Kier molecular flexibility index (Phi) is 3.93. The summed E-state index contributed by atoms with van der Waals surface area (Å²) in [4.78, 5) is 4.08. The van der Waals surface area contributed by atoms with Crippen molar-refractivity contribution in [2.45, 2.75) is 25.8 Å². The molecule has 0 radical (unpaired) electrons. The number of rotatable bonds is 5. The van der Waals surface area contributed by atoms with Crippen molar-refractivity contribution >= 4 is 22.6 Å². The van der Waals surface area contributed by atoms with E-state index < -0.39 is 0 Å². The summed E-state index contributed by atoms with van der Waals surface area (Å²) in [5.74, 6) is 0.341. The van der Waals surface area contributed by atoms with Gasteiger partial charge in [-0.15, -0.1) is 0 Å². The van der Waals surface area contributed by atoms with E-state index in [9.17, 15) is 0 Å². The first kappa shape index (κ1) is 11.9. The Morgan fingerprint density at radius 2 is 2.12 bits per heavy atom. The highest BCUT2D eigenvalue weighted by atomic mass is 32.1. The Morgan fingerprint density at radius 3 is 2.76 bits per heavy atom. The Morgan fingerprint density at radius 1 is 1.35 bits per heavy atom. The van der Waals surface area contributed by atoms with Gasteiger partial charge in [0.25, 0.3) is 0 Å². The van der Waals surface area contributed by atoms with Crippen LogP contribution in [0.2, 0.25) is 0 Å². The van der Waals surface area contributed by atoms with Gasteiger partial charge in [0.15, 0.2) is 0 Å². The molecular formula is C12H16N4S. The summed E-state index contributed by atoms with van der Waals surface area (Å²) >= 11 is 1.30. The van der Waals surface area contributed by atoms with Crippen molar-refractivity contribution in [3.05, 3.63) is 35.9 Å². The molecule has 0 aliphatic rings. The van der Waals surface area contributed by atoms with Gasteiger partial charge in [0.1, 0.15) is 0 Å². The fraction of sp³-hybridized carbons (Fsp3) is 0.333. The fourth-order valence-corrected chi connectivity index (χ4v) is 2.21. The lowest BCUT2D eigenvalue weighted by Crippen LogP contribution is -2.15. The van der Waals surface area contributed by atoms with Crippen LogP contribution in [0.4, 0.5) is 11.1 Å². The Labute approximate surface area is 105 Å². The Bertz CT molecular complexity index is 455. The summed E-state index contributed by atoms with van der Waals surface area (Å²) in [6, 6.07) is 10.8. The molecule has 0 bridgehead atoms. The molecule has 1 aromatic carbocycles. The van der Waals surface area contributed by atoms with Gasteiger partial charge in [-0.1, -0.05) is 30.3 Å². The van der Waals surface area contributed by atoms with E-state index in [-0.39, 0.29) is 0 Å². The molecule has 3 N–H and O–H groups in total. The van der Waals surface area contributed by atoms with Crippen LogP contribution in [-0.2, 0) is 6.42 Å². The lowest BCUT2D eigenvalue weighted by Gasteiger charge is -2.12. The minimum atomic E-state index is 0.341. The normalized spacial score (nSPS) is 12.3. The van der Waals surface area contributed by atoms with Crippen molar-refractivity contribution in [2.75, 3.05) is 11.1 Å². The molecule has 0 saturated heterocycles. The van der Waals surface area contributed by atoms with Gasteiger partial charge in [0.05, 0.1) is 0 Å². The number of nitrogens with zero attached hydrogens (tertiary/aromatic N) is 2. The number of nitrogens with two attached hydrogens (primary N) is 1. The third-order valence-electron chi connectivity index (χ3n) is 2.52. The maximum atomic E-state index is 5.47. The van der Waals surface area contributed by atoms with Gasteiger partial charge in [-0.25, -0.2) is 0 Å². The number of anilines is 2. The molecule has 4 nitrogen and oxygen atoms in total. The largest absolute Gasteiger partial charge is 0.367 e. The highest BCUT2D eigenvalue weighted by Crippen LogP contribution is 2.15. The van der Waals surface area contributed by atoms with E-state index in [0.29, 0.717) is 12.0 Å². The molecule has 5 heteroatoms. The summed E-state index contributed by atoms with van der Waals surface area (Å²) in [6.07, 6.45) is 2.12. The fourth-order valence-electron chi connectivity index (χ4n) is 1.60. The smallest absolute Gasteiger partial charge is 0.233 e. The number of nitrogen functional groups attached to an aromatic ring is 1. The molecule has 1 atom stereocenters. The van der Waals surface area contributed by atoms with Crippen molar-refractivity contribution in [2.24, 2.45) is 0 Å². The topological polar surface area (TPSA) is 63.8 Å². The molecule has 0 fully saturated rings. The first-order valence-electron chi connectivity index (χ1n) is 5.63. The van der Waals surface area contributed by atoms with Gasteiger partial charge in [0.2, 0.25) is 11.1 Å². The van der Waals surface area contributed by atoms with Crippen molar-refractivity contribution in [3.8, 4) is 0 Å². The summed E-state index contributed by atoms with van der Waals surface area (Å²) in [5.41, 5.74) is 6.83. The monoisotopic (exact) mass is 248 g/mol. The van der Waals surface area contributed by atoms with Crippen LogP contribution in [-0.4, -0.2) is 15.4 Å². The van der Waals surface area contributed by atoms with E-state index in [1.54, 1.807) is 0 Å². The second-order valence-electron chi connectivity index (χ2n) is 4.03. The van der Waals surface area contributed by atoms with Crippen molar-refractivity contribution < 1.29 is 0 Å². The minimum Gasteiger partial charge on any atom is -0.367 e. The van der Waals surface area contributed by atoms with Gasteiger partial charge in [-0.3, -0.25) is 0 Å². The molecular weight excluding hydrogens is 232 g/mol. The maximum Gasteiger partial charge on any atom is 0.233 e. The molecule has 17 heavy (non-hydrogen) atoms. The number of benzene rings is 1. The van der Waals surface area contributed by atoms with Crippen LogP contribution in [0.1, 0.15) is 18.9 Å². The zero-order chi connectivity index (χ0) is 12.1. The van der Waals surface area contributed by atoms with E-state index in [4.69, 9.17) is 5.73 Å². The van der Waals surface area contributed by atoms with E-state index in [0.717, 1.165) is 18.0 Å². The molecule has 1 heterocycles. The Hall–Kier alpha value is -1.62. The second kappa shape index (κ2) is 5.63. The standard InChI is InChI=1S/C12H16N4S/c1-9(14-12-15-11(13)16-17-12)7-8-10-5-3-2-4-6-10/h2-6,9H,7-8H2,1H3,(H3,13,14,15,16). The van der Waals surface area contributed by atoms with Crippen LogP contribution >= 0.6 is 11.5 Å². The van der Waals surface area contributed by atoms with E-state index in [1.165, 1.54) is 17.1 Å². The third-order valence-corrected chi connectivity index (χ3v) is 3.18. The van der Waals surface area contributed by atoms with Crippen LogP contribution in [0.15, 0.2) is 30.3 Å². The third kappa shape index (κ3) is 3.71. The average Bonchev–Trinajstić information content (AvgIpc) is 2.73. The molecule has 0 spiro atoms. The number of hydrogen-bond acceptors (Lipinski definition) is 5. The van der Waals surface area contributed by atoms with Gasteiger partial charge in [-0.05, 0) is 25.3 Å². The predicted molar refractivity (Wildman–Crippen MR) is 72.2 cm³/mol. The highest BCUT2D eigenvalue weighted by molar-refractivity contribution is 7.09. The van der Waals surface area contributed by atoms with Crippen LogP contribution in [0, 0.1) is 0 Å². The van der Waals surface area contributed by atoms with Gasteiger partial charge in [0, 0.05) is 17.6 Å². The summed E-state index contributed by atoms with van der Waals surface area (Å²) in [7, 11) is 0. The van der Waals surface area contributed by atoms with Crippen molar-refractivity contribution in [1.82, 2.24) is 9.36 Å². The first-order chi connectivity index (χ1) is 8.24. The van der Waals surface area contributed by atoms with Crippen LogP contribution in [0.25, 0.3) is 0 Å². The number of hydrogen-bond donors (Lipinski definition) is 2. The number of nitrogens with one attached hydrogen (secondary N) is 1. The molecule has 0 amide bonds. The molecule has 1 aromatic heterocycles. The molecule has 2 aromatic rings. The molecule has 1 unspecified atom stereocenters. The number of aryl methyl sites for hydroxylation is 1. The van der Waals surface area contributed by atoms with Crippen LogP contribution in [0.5, 0.6) is 0 Å². The van der Waals surface area contributed by atoms with Crippen molar-refractivity contribution in [3.63, 3.8) is 0 Å². The molecule has 90 valence electrons. The Balaban J connectivity index is 1.80. The SMILES string of the molecule is CC(CCc1ccccc1)Nc1nc(N)ns1. The summed E-state index contributed by atoms with van der Waals surface area (Å²) in [5, 5.41) is 4.09. The maximum absolute atomic E-state index is 5.47. The summed E-state index contributed by atoms with van der Waals surface area (Å²) in [6.45, 7) is 2.14. The van der Waals surface area contributed by atoms with Gasteiger partial charge < -0.3 is 11.1 Å². The first-order valence-corrected chi connectivity index (χ1v) is 6.41. The highest BCUT2D eigenvalue weighted by Gasteiger charge is 2.06. The zero-order valence-corrected chi connectivity index (χ0v) is 10.6. The van der Waals surface area contributed by atoms with E-state index >= 15 is 0 Å². The van der Waals surface area contributed by atoms with Gasteiger partial charge in [-0.2, -0.15) is 9.36 Å². The number of aromatic nitrogens is 2. The lowest BCUT2D eigenvalue weighted by atomic mass is 10.1. The molecule has 0 saturated carbocycles. The van der Waals surface area contributed by atoms with Gasteiger partial charge >= 0.3 is 0 Å². The summed E-state index contributed by atoms with van der Waals surface area (Å²) < 4.78 is 3.93.